The van der Waals surface area contributed by atoms with Crippen molar-refractivity contribution in [3.05, 3.63) is 34.5 Å². The fourth-order valence-corrected chi connectivity index (χ4v) is 2.04. The van der Waals surface area contributed by atoms with E-state index in [4.69, 9.17) is 4.52 Å². The highest BCUT2D eigenvalue weighted by molar-refractivity contribution is 5.79. The van der Waals surface area contributed by atoms with Crippen molar-refractivity contribution >= 4 is 11.6 Å². The zero-order chi connectivity index (χ0) is 15.4. The fraction of sp³-hybridized carbons (Fsp3) is 0.462. The molecule has 1 unspecified atom stereocenters. The lowest BCUT2D eigenvalue weighted by atomic mass is 10.1. The van der Waals surface area contributed by atoms with E-state index < -0.39 is 6.04 Å². The molecule has 0 saturated carbocycles. The van der Waals surface area contributed by atoms with Crippen LogP contribution in [0, 0.1) is 6.92 Å². The molecule has 0 aromatic carbocycles. The number of ketones is 1. The summed E-state index contributed by atoms with van der Waals surface area (Å²) in [6.07, 6.45) is 3.54. The molecule has 0 amide bonds. The summed E-state index contributed by atoms with van der Waals surface area (Å²) in [6.45, 7) is 5.23. The molecule has 2 rings (SSSR count). The second kappa shape index (κ2) is 6.29. The predicted molar refractivity (Wildman–Crippen MR) is 74.9 cm³/mol. The summed E-state index contributed by atoms with van der Waals surface area (Å²) in [5.74, 6) is 0.966. The molecule has 1 atom stereocenters. The molecule has 0 spiro atoms. The molecule has 1 N–H and O–H groups in total. The molecule has 0 aliphatic carbocycles. The van der Waals surface area contributed by atoms with Crippen molar-refractivity contribution in [2.24, 2.45) is 0 Å². The Morgan fingerprint density at radius 1 is 1.52 bits per heavy atom. The SMILES string of the molecule is CCC(C(C)=O)n1ccnc(NCc2nc(C)no2)c1=O. The van der Waals surface area contributed by atoms with Gasteiger partial charge in [0.1, 0.15) is 0 Å². The third-order valence-corrected chi connectivity index (χ3v) is 3.04. The topological polar surface area (TPSA) is 103 Å². The van der Waals surface area contributed by atoms with E-state index in [0.29, 0.717) is 18.1 Å². The van der Waals surface area contributed by atoms with E-state index in [2.05, 4.69) is 20.4 Å². The molecule has 0 fully saturated rings. The zero-order valence-electron chi connectivity index (χ0n) is 12.2. The quantitative estimate of drug-likeness (QED) is 0.849. The smallest absolute Gasteiger partial charge is 0.293 e. The lowest BCUT2D eigenvalue weighted by molar-refractivity contribution is -0.120. The molecule has 0 aliphatic heterocycles. The molecule has 0 bridgehead atoms. The number of anilines is 1. The van der Waals surface area contributed by atoms with Crippen molar-refractivity contribution in [2.45, 2.75) is 39.8 Å². The van der Waals surface area contributed by atoms with Gasteiger partial charge in [0.2, 0.25) is 5.89 Å². The van der Waals surface area contributed by atoms with E-state index in [9.17, 15) is 9.59 Å². The molecule has 8 nitrogen and oxygen atoms in total. The number of Topliss-reactive ketones (excluding diaryl/α,β-unsaturated/α-hetero) is 1. The van der Waals surface area contributed by atoms with Crippen LogP contribution in [0.15, 0.2) is 21.7 Å². The standard InChI is InChI=1S/C13H17N5O3/c1-4-10(8(2)19)18-6-5-14-12(13(18)20)15-7-11-16-9(3)17-21-11/h5-6,10H,4,7H2,1-3H3,(H,14,15). The Balaban J connectivity index is 2.21. The van der Waals surface area contributed by atoms with Crippen LogP contribution in [0.1, 0.15) is 38.0 Å². The normalized spacial score (nSPS) is 12.1. The average Bonchev–Trinajstić information content (AvgIpc) is 2.85. The highest BCUT2D eigenvalue weighted by Crippen LogP contribution is 2.10. The first-order valence-electron chi connectivity index (χ1n) is 6.63. The fourth-order valence-electron chi connectivity index (χ4n) is 2.04. The summed E-state index contributed by atoms with van der Waals surface area (Å²) in [5, 5.41) is 6.51. The molecule has 112 valence electrons. The monoisotopic (exact) mass is 291 g/mol. The molecule has 2 aromatic heterocycles. The first kappa shape index (κ1) is 14.9. The minimum Gasteiger partial charge on any atom is -0.356 e. The summed E-state index contributed by atoms with van der Waals surface area (Å²) in [7, 11) is 0. The number of hydrogen-bond donors (Lipinski definition) is 1. The van der Waals surface area contributed by atoms with E-state index in [0.717, 1.165) is 0 Å². The molecule has 2 aromatic rings. The number of hydrogen-bond acceptors (Lipinski definition) is 7. The number of aromatic nitrogens is 4. The number of aryl methyl sites for hydroxylation is 1. The number of nitrogens with one attached hydrogen (secondary N) is 1. The largest absolute Gasteiger partial charge is 0.356 e. The van der Waals surface area contributed by atoms with Crippen LogP contribution >= 0.6 is 0 Å². The molecule has 2 heterocycles. The van der Waals surface area contributed by atoms with E-state index >= 15 is 0 Å². The van der Waals surface area contributed by atoms with Crippen LogP contribution in [0.2, 0.25) is 0 Å². The maximum Gasteiger partial charge on any atom is 0.293 e. The van der Waals surface area contributed by atoms with Crippen molar-refractivity contribution < 1.29 is 9.32 Å². The lowest BCUT2D eigenvalue weighted by Crippen LogP contribution is -2.30. The number of carbonyl (C=O) groups excluding carboxylic acids is 1. The second-order valence-corrected chi connectivity index (χ2v) is 4.61. The predicted octanol–water partition coefficient (Wildman–Crippen LogP) is 1.09. The highest BCUT2D eigenvalue weighted by Gasteiger charge is 2.17. The highest BCUT2D eigenvalue weighted by atomic mass is 16.5. The molecule has 21 heavy (non-hydrogen) atoms. The maximum atomic E-state index is 12.3. The Bertz CT molecular complexity index is 691. The van der Waals surface area contributed by atoms with E-state index in [1.807, 2.05) is 6.92 Å². The van der Waals surface area contributed by atoms with E-state index in [1.54, 1.807) is 6.92 Å². The maximum absolute atomic E-state index is 12.3. The van der Waals surface area contributed by atoms with Crippen LogP contribution in [-0.2, 0) is 11.3 Å². The van der Waals surface area contributed by atoms with Gasteiger partial charge in [-0.1, -0.05) is 12.1 Å². The molecule has 8 heteroatoms. The average molecular weight is 291 g/mol. The molecule has 0 aliphatic rings. The van der Waals surface area contributed by atoms with Crippen LogP contribution in [0.4, 0.5) is 5.82 Å². The van der Waals surface area contributed by atoms with Gasteiger partial charge in [0, 0.05) is 12.4 Å². The van der Waals surface area contributed by atoms with Gasteiger partial charge in [0.15, 0.2) is 17.4 Å². The van der Waals surface area contributed by atoms with E-state index in [-0.39, 0.29) is 23.7 Å². The van der Waals surface area contributed by atoms with Crippen LogP contribution in [0.25, 0.3) is 0 Å². The minimum atomic E-state index is -0.480. The number of carbonyl (C=O) groups is 1. The first-order chi connectivity index (χ1) is 10.0. The third kappa shape index (κ3) is 3.33. The Kier molecular flexibility index (Phi) is 4.46. The summed E-state index contributed by atoms with van der Waals surface area (Å²) in [4.78, 5) is 31.9. The molecule has 0 saturated heterocycles. The second-order valence-electron chi connectivity index (χ2n) is 4.61. The van der Waals surface area contributed by atoms with Crippen LogP contribution in [0.5, 0.6) is 0 Å². The number of rotatable bonds is 6. The van der Waals surface area contributed by atoms with Gasteiger partial charge < -0.3 is 14.4 Å². The Morgan fingerprint density at radius 3 is 2.86 bits per heavy atom. The zero-order valence-corrected chi connectivity index (χ0v) is 12.2. The summed E-state index contributed by atoms with van der Waals surface area (Å²) < 4.78 is 6.33. The number of nitrogens with zero attached hydrogens (tertiary/aromatic N) is 4. The van der Waals surface area contributed by atoms with E-state index in [1.165, 1.54) is 23.9 Å². The van der Waals surface area contributed by atoms with Crippen molar-refractivity contribution in [3.63, 3.8) is 0 Å². The van der Waals surface area contributed by atoms with Crippen molar-refractivity contribution in [1.29, 1.82) is 0 Å². The third-order valence-electron chi connectivity index (χ3n) is 3.04. The van der Waals surface area contributed by atoms with Gasteiger partial charge in [-0.2, -0.15) is 4.98 Å². The van der Waals surface area contributed by atoms with Crippen LogP contribution in [-0.4, -0.2) is 25.5 Å². The van der Waals surface area contributed by atoms with Crippen molar-refractivity contribution in [1.82, 2.24) is 19.7 Å². The van der Waals surface area contributed by atoms with Crippen molar-refractivity contribution in [3.8, 4) is 0 Å². The lowest BCUT2D eigenvalue weighted by Gasteiger charge is -2.15. The van der Waals surface area contributed by atoms with Gasteiger partial charge in [-0.15, -0.1) is 0 Å². The van der Waals surface area contributed by atoms with Gasteiger partial charge >= 0.3 is 0 Å². The molecular formula is C13H17N5O3. The van der Waals surface area contributed by atoms with Gasteiger partial charge in [-0.05, 0) is 20.3 Å². The van der Waals surface area contributed by atoms with Crippen molar-refractivity contribution in [2.75, 3.05) is 5.32 Å². The van der Waals surface area contributed by atoms with Gasteiger partial charge in [-0.25, -0.2) is 4.98 Å². The van der Waals surface area contributed by atoms with Gasteiger partial charge in [-0.3, -0.25) is 9.59 Å². The summed E-state index contributed by atoms with van der Waals surface area (Å²) in [6, 6.07) is -0.480. The molecular weight excluding hydrogens is 274 g/mol. The Labute approximate surface area is 121 Å². The molecule has 0 radical (unpaired) electrons. The van der Waals surface area contributed by atoms with Gasteiger partial charge in [0.25, 0.3) is 5.56 Å². The minimum absolute atomic E-state index is 0.0655. The van der Waals surface area contributed by atoms with Crippen LogP contribution in [0.3, 0.4) is 0 Å². The first-order valence-corrected chi connectivity index (χ1v) is 6.63. The summed E-state index contributed by atoms with van der Waals surface area (Å²) >= 11 is 0. The Morgan fingerprint density at radius 2 is 2.29 bits per heavy atom. The summed E-state index contributed by atoms with van der Waals surface area (Å²) in [5.41, 5.74) is -0.351. The van der Waals surface area contributed by atoms with Crippen LogP contribution < -0.4 is 10.9 Å². The Hall–Kier alpha value is -2.51. The van der Waals surface area contributed by atoms with Gasteiger partial charge in [0.05, 0.1) is 12.6 Å².